The van der Waals surface area contributed by atoms with E-state index in [-0.39, 0.29) is 16.6 Å². The van der Waals surface area contributed by atoms with E-state index in [0.29, 0.717) is 16.9 Å². The van der Waals surface area contributed by atoms with Gasteiger partial charge in [-0.15, -0.1) is 0 Å². The first kappa shape index (κ1) is 14.3. The number of hydrogen-bond donors (Lipinski definition) is 0. The maximum atomic E-state index is 13.3. The molecule has 0 aliphatic heterocycles. The van der Waals surface area contributed by atoms with E-state index in [4.69, 9.17) is 21.1 Å². The zero-order chi connectivity index (χ0) is 14.7. The van der Waals surface area contributed by atoms with Crippen molar-refractivity contribution in [1.82, 2.24) is 0 Å². The first-order chi connectivity index (χ1) is 9.56. The van der Waals surface area contributed by atoms with E-state index in [0.717, 1.165) is 0 Å². The van der Waals surface area contributed by atoms with Gasteiger partial charge in [-0.2, -0.15) is 0 Å². The quantitative estimate of drug-likeness (QED) is 0.806. The van der Waals surface area contributed by atoms with Crippen LogP contribution in [0.5, 0.6) is 11.5 Å². The molecule has 0 radical (unpaired) electrons. The van der Waals surface area contributed by atoms with Crippen molar-refractivity contribution in [2.24, 2.45) is 0 Å². The standard InChI is InChI=1S/C15H12ClFO3/c1-19-10-4-5-11(12(16)8-10)15(18)9-3-6-13(17)14(7-9)20-2/h3-8H,1-2H3. The van der Waals surface area contributed by atoms with Gasteiger partial charge in [-0.25, -0.2) is 4.39 Å². The average Bonchev–Trinajstić information content (AvgIpc) is 2.47. The molecule has 2 aromatic rings. The molecule has 0 aliphatic rings. The predicted octanol–water partition coefficient (Wildman–Crippen LogP) is 3.73. The lowest BCUT2D eigenvalue weighted by atomic mass is 10.0. The van der Waals surface area contributed by atoms with E-state index in [1.54, 1.807) is 18.2 Å². The van der Waals surface area contributed by atoms with Crippen LogP contribution < -0.4 is 9.47 Å². The van der Waals surface area contributed by atoms with Crippen molar-refractivity contribution in [3.63, 3.8) is 0 Å². The Morgan fingerprint density at radius 2 is 1.85 bits per heavy atom. The fourth-order valence-electron chi connectivity index (χ4n) is 1.76. The number of benzene rings is 2. The summed E-state index contributed by atoms with van der Waals surface area (Å²) in [7, 11) is 2.85. The first-order valence-electron chi connectivity index (χ1n) is 5.78. The maximum Gasteiger partial charge on any atom is 0.194 e. The second-order valence-electron chi connectivity index (χ2n) is 4.02. The third kappa shape index (κ3) is 2.75. The molecule has 20 heavy (non-hydrogen) atoms. The molecule has 0 amide bonds. The normalized spacial score (nSPS) is 10.2. The number of carbonyl (C=O) groups is 1. The zero-order valence-corrected chi connectivity index (χ0v) is 11.7. The van der Waals surface area contributed by atoms with Crippen LogP contribution in [0.1, 0.15) is 15.9 Å². The smallest absolute Gasteiger partial charge is 0.194 e. The van der Waals surface area contributed by atoms with Crippen molar-refractivity contribution < 1.29 is 18.7 Å². The van der Waals surface area contributed by atoms with Crippen LogP contribution in [0.3, 0.4) is 0 Å². The van der Waals surface area contributed by atoms with Crippen LogP contribution in [-0.4, -0.2) is 20.0 Å². The Labute approximate surface area is 120 Å². The third-order valence-electron chi connectivity index (χ3n) is 2.83. The van der Waals surface area contributed by atoms with Crippen LogP contribution in [-0.2, 0) is 0 Å². The van der Waals surface area contributed by atoms with Crippen molar-refractivity contribution in [3.8, 4) is 11.5 Å². The van der Waals surface area contributed by atoms with Gasteiger partial charge in [0.15, 0.2) is 17.3 Å². The summed E-state index contributed by atoms with van der Waals surface area (Å²) in [5, 5.41) is 0.276. The summed E-state index contributed by atoms with van der Waals surface area (Å²) in [6.45, 7) is 0. The van der Waals surface area contributed by atoms with Gasteiger partial charge in [-0.1, -0.05) is 11.6 Å². The van der Waals surface area contributed by atoms with Crippen molar-refractivity contribution in [2.75, 3.05) is 14.2 Å². The van der Waals surface area contributed by atoms with Crippen molar-refractivity contribution in [2.45, 2.75) is 0 Å². The Hall–Kier alpha value is -2.07. The van der Waals surface area contributed by atoms with Gasteiger partial charge in [-0.3, -0.25) is 4.79 Å². The molecular weight excluding hydrogens is 283 g/mol. The molecule has 0 unspecified atom stereocenters. The first-order valence-corrected chi connectivity index (χ1v) is 6.16. The third-order valence-corrected chi connectivity index (χ3v) is 3.15. The Morgan fingerprint density at radius 3 is 2.45 bits per heavy atom. The summed E-state index contributed by atoms with van der Waals surface area (Å²) in [6, 6.07) is 8.68. The second-order valence-corrected chi connectivity index (χ2v) is 4.43. The molecule has 0 heterocycles. The molecule has 0 saturated heterocycles. The maximum absolute atomic E-state index is 13.3. The minimum absolute atomic E-state index is 0.0143. The molecule has 3 nitrogen and oxygen atoms in total. The highest BCUT2D eigenvalue weighted by molar-refractivity contribution is 6.35. The Morgan fingerprint density at radius 1 is 1.10 bits per heavy atom. The Balaban J connectivity index is 2.41. The van der Waals surface area contributed by atoms with Gasteiger partial charge >= 0.3 is 0 Å². The summed E-state index contributed by atoms with van der Waals surface area (Å²) in [5.41, 5.74) is 0.622. The molecule has 0 spiro atoms. The molecule has 0 aliphatic carbocycles. The molecule has 0 saturated carbocycles. The fraction of sp³-hybridized carbons (Fsp3) is 0.133. The van der Waals surface area contributed by atoms with Gasteiger partial charge in [0.1, 0.15) is 5.75 Å². The van der Waals surface area contributed by atoms with E-state index in [2.05, 4.69) is 0 Å². The number of methoxy groups -OCH3 is 2. The number of ketones is 1. The van der Waals surface area contributed by atoms with Crippen molar-refractivity contribution in [3.05, 3.63) is 58.4 Å². The molecule has 104 valence electrons. The van der Waals surface area contributed by atoms with E-state index in [1.165, 1.54) is 32.4 Å². The van der Waals surface area contributed by atoms with E-state index in [9.17, 15) is 9.18 Å². The second kappa shape index (κ2) is 5.92. The van der Waals surface area contributed by atoms with Gasteiger partial charge in [0.2, 0.25) is 0 Å². The molecule has 2 aromatic carbocycles. The molecule has 0 aromatic heterocycles. The highest BCUT2D eigenvalue weighted by Crippen LogP contribution is 2.26. The summed E-state index contributed by atoms with van der Waals surface area (Å²) in [6.07, 6.45) is 0. The number of carbonyl (C=O) groups excluding carboxylic acids is 1. The molecule has 0 atom stereocenters. The Kier molecular flexibility index (Phi) is 4.25. The lowest BCUT2D eigenvalue weighted by Crippen LogP contribution is -2.03. The predicted molar refractivity (Wildman–Crippen MR) is 74.4 cm³/mol. The van der Waals surface area contributed by atoms with Gasteiger partial charge < -0.3 is 9.47 Å². The lowest BCUT2D eigenvalue weighted by Gasteiger charge is -2.08. The van der Waals surface area contributed by atoms with Gasteiger partial charge in [0.05, 0.1) is 19.2 Å². The molecule has 0 bridgehead atoms. The van der Waals surface area contributed by atoms with Crippen LogP contribution in [0, 0.1) is 5.82 Å². The van der Waals surface area contributed by atoms with Crippen LogP contribution in [0.4, 0.5) is 4.39 Å². The lowest BCUT2D eigenvalue weighted by molar-refractivity contribution is 0.103. The summed E-state index contributed by atoms with van der Waals surface area (Å²) in [5.74, 6) is -0.260. The molecule has 0 fully saturated rings. The average molecular weight is 295 g/mol. The van der Waals surface area contributed by atoms with Gasteiger partial charge in [0, 0.05) is 11.1 Å². The number of ether oxygens (including phenoxy) is 2. The van der Waals surface area contributed by atoms with Crippen LogP contribution in [0.25, 0.3) is 0 Å². The minimum Gasteiger partial charge on any atom is -0.497 e. The van der Waals surface area contributed by atoms with Crippen molar-refractivity contribution in [1.29, 1.82) is 0 Å². The zero-order valence-electron chi connectivity index (χ0n) is 10.9. The van der Waals surface area contributed by atoms with E-state index >= 15 is 0 Å². The molecule has 5 heteroatoms. The highest BCUT2D eigenvalue weighted by atomic mass is 35.5. The van der Waals surface area contributed by atoms with Crippen LogP contribution >= 0.6 is 11.6 Å². The number of rotatable bonds is 4. The van der Waals surface area contributed by atoms with E-state index < -0.39 is 5.82 Å². The van der Waals surface area contributed by atoms with E-state index in [1.807, 2.05) is 0 Å². The van der Waals surface area contributed by atoms with Crippen LogP contribution in [0.2, 0.25) is 5.02 Å². The summed E-state index contributed by atoms with van der Waals surface area (Å²) >= 11 is 6.05. The van der Waals surface area contributed by atoms with Crippen molar-refractivity contribution >= 4 is 17.4 Å². The molecule has 2 rings (SSSR count). The monoisotopic (exact) mass is 294 g/mol. The number of halogens is 2. The minimum atomic E-state index is -0.523. The summed E-state index contributed by atoms with van der Waals surface area (Å²) < 4.78 is 23.2. The Bertz CT molecular complexity index is 656. The summed E-state index contributed by atoms with van der Waals surface area (Å²) in [4.78, 5) is 12.3. The highest BCUT2D eigenvalue weighted by Gasteiger charge is 2.15. The largest absolute Gasteiger partial charge is 0.497 e. The molecule has 0 N–H and O–H groups in total. The van der Waals surface area contributed by atoms with Crippen LogP contribution in [0.15, 0.2) is 36.4 Å². The number of hydrogen-bond acceptors (Lipinski definition) is 3. The van der Waals surface area contributed by atoms with Gasteiger partial charge in [0.25, 0.3) is 0 Å². The SMILES string of the molecule is COc1ccc(C(=O)c2ccc(F)c(OC)c2)c(Cl)c1. The molecular formula is C15H12ClFO3. The van der Waals surface area contributed by atoms with Gasteiger partial charge in [-0.05, 0) is 36.4 Å². The topological polar surface area (TPSA) is 35.5 Å². The fourth-order valence-corrected chi connectivity index (χ4v) is 2.02.